The number of carbonyl (C=O) groups is 1. The minimum absolute atomic E-state index is 0.0691. The molecule has 4 aromatic rings. The van der Waals surface area contributed by atoms with Gasteiger partial charge in [0.15, 0.2) is 5.13 Å². The Morgan fingerprint density at radius 1 is 1.04 bits per heavy atom. The molecule has 0 aliphatic rings. The van der Waals surface area contributed by atoms with Crippen LogP contribution in [0.2, 0.25) is 5.02 Å². The van der Waals surface area contributed by atoms with Gasteiger partial charge in [-0.2, -0.15) is 0 Å². The zero-order valence-corrected chi connectivity index (χ0v) is 17.2. The summed E-state index contributed by atoms with van der Waals surface area (Å²) in [5.41, 5.74) is 4.64. The molecule has 28 heavy (non-hydrogen) atoms. The van der Waals surface area contributed by atoms with E-state index >= 15 is 0 Å². The van der Waals surface area contributed by atoms with Crippen LogP contribution in [0.1, 0.15) is 27.0 Å². The zero-order valence-electron chi connectivity index (χ0n) is 15.6. The van der Waals surface area contributed by atoms with E-state index in [2.05, 4.69) is 0 Å². The summed E-state index contributed by atoms with van der Waals surface area (Å²) in [6.45, 7) is 4.44. The second kappa shape index (κ2) is 7.74. The summed E-state index contributed by atoms with van der Waals surface area (Å²) >= 11 is 7.85. The molecule has 5 heteroatoms. The number of carbonyl (C=O) groups excluding carboxylic acids is 1. The van der Waals surface area contributed by atoms with Gasteiger partial charge in [-0.15, -0.1) is 0 Å². The van der Waals surface area contributed by atoms with Crippen LogP contribution in [0.4, 0.5) is 5.13 Å². The van der Waals surface area contributed by atoms with Crippen molar-refractivity contribution in [2.75, 3.05) is 4.90 Å². The van der Waals surface area contributed by atoms with E-state index in [9.17, 15) is 4.79 Å². The van der Waals surface area contributed by atoms with Gasteiger partial charge in [0.2, 0.25) is 0 Å². The van der Waals surface area contributed by atoms with E-state index in [1.165, 1.54) is 11.3 Å². The predicted molar refractivity (Wildman–Crippen MR) is 118 cm³/mol. The fraction of sp³-hybridized carbons (Fsp3) is 0.130. The number of aromatic nitrogens is 1. The summed E-state index contributed by atoms with van der Waals surface area (Å²) in [5, 5.41) is 1.31. The minimum Gasteiger partial charge on any atom is -0.279 e. The van der Waals surface area contributed by atoms with Crippen LogP contribution in [-0.4, -0.2) is 10.9 Å². The third-order valence-electron chi connectivity index (χ3n) is 4.61. The van der Waals surface area contributed by atoms with Crippen LogP contribution in [0.15, 0.2) is 66.7 Å². The number of rotatable bonds is 4. The molecule has 0 aliphatic carbocycles. The molecule has 3 nitrogen and oxygen atoms in total. The molecule has 1 heterocycles. The van der Waals surface area contributed by atoms with Crippen LogP contribution < -0.4 is 4.90 Å². The highest BCUT2D eigenvalue weighted by Crippen LogP contribution is 2.36. The van der Waals surface area contributed by atoms with E-state index in [-0.39, 0.29) is 5.91 Å². The van der Waals surface area contributed by atoms with Gasteiger partial charge in [-0.05, 0) is 43.2 Å². The fourth-order valence-corrected chi connectivity index (χ4v) is 4.45. The molecule has 0 bridgehead atoms. The Balaban J connectivity index is 1.82. The Bertz CT molecular complexity index is 1110. The average molecular weight is 407 g/mol. The standard InChI is InChI=1S/C23H19ClN2OS/c1-15-7-6-10-18(13-15)22(27)26(14-17-8-4-3-5-9-17)23-25-20-16(2)11-12-19(24)21(20)28-23/h3-13H,14H2,1-2H3. The van der Waals surface area contributed by atoms with Crippen molar-refractivity contribution in [3.8, 4) is 0 Å². The maximum absolute atomic E-state index is 13.4. The number of benzene rings is 3. The molecule has 0 fully saturated rings. The summed E-state index contributed by atoms with van der Waals surface area (Å²) in [7, 11) is 0. The largest absolute Gasteiger partial charge is 0.279 e. The predicted octanol–water partition coefficient (Wildman–Crippen LogP) is 6.41. The highest BCUT2D eigenvalue weighted by atomic mass is 35.5. The zero-order chi connectivity index (χ0) is 19.7. The number of halogens is 1. The number of aryl methyl sites for hydroxylation is 2. The number of nitrogens with zero attached hydrogens (tertiary/aromatic N) is 2. The van der Waals surface area contributed by atoms with Crippen LogP contribution in [-0.2, 0) is 6.54 Å². The van der Waals surface area contributed by atoms with E-state index in [1.807, 2.05) is 80.6 Å². The van der Waals surface area contributed by atoms with Crippen LogP contribution in [0, 0.1) is 13.8 Å². The van der Waals surface area contributed by atoms with E-state index in [0.29, 0.717) is 22.3 Å². The summed E-state index contributed by atoms with van der Waals surface area (Å²) in [6, 6.07) is 21.4. The number of thiazole rings is 1. The Morgan fingerprint density at radius 3 is 2.54 bits per heavy atom. The number of hydrogen-bond donors (Lipinski definition) is 0. The van der Waals surface area contributed by atoms with E-state index in [0.717, 1.165) is 26.9 Å². The van der Waals surface area contributed by atoms with Crippen LogP contribution in [0.5, 0.6) is 0 Å². The van der Waals surface area contributed by atoms with Crippen molar-refractivity contribution in [3.63, 3.8) is 0 Å². The van der Waals surface area contributed by atoms with Crippen molar-refractivity contribution in [3.05, 3.63) is 94.0 Å². The first-order valence-corrected chi connectivity index (χ1v) is 10.2. The molecule has 3 aromatic carbocycles. The summed E-state index contributed by atoms with van der Waals surface area (Å²) in [5.74, 6) is -0.0691. The molecule has 0 saturated carbocycles. The second-order valence-corrected chi connectivity index (χ2v) is 8.17. The minimum atomic E-state index is -0.0691. The normalized spacial score (nSPS) is 11.0. The van der Waals surface area contributed by atoms with E-state index < -0.39 is 0 Å². The molecule has 4 rings (SSSR count). The molecule has 0 saturated heterocycles. The maximum Gasteiger partial charge on any atom is 0.260 e. The summed E-state index contributed by atoms with van der Waals surface area (Å²) < 4.78 is 0.909. The third kappa shape index (κ3) is 3.66. The van der Waals surface area contributed by atoms with Crippen molar-refractivity contribution in [2.24, 2.45) is 0 Å². The first kappa shape index (κ1) is 18.7. The molecular weight excluding hydrogens is 388 g/mol. The molecule has 0 radical (unpaired) electrons. The Hall–Kier alpha value is -2.69. The van der Waals surface area contributed by atoms with Gasteiger partial charge in [-0.1, -0.05) is 77.0 Å². The average Bonchev–Trinajstić information content (AvgIpc) is 3.16. The molecule has 0 atom stereocenters. The first-order valence-electron chi connectivity index (χ1n) is 9.01. The molecule has 140 valence electrons. The molecule has 0 aliphatic heterocycles. The van der Waals surface area contributed by atoms with Crippen molar-refractivity contribution in [1.82, 2.24) is 4.98 Å². The fourth-order valence-electron chi connectivity index (χ4n) is 3.13. The van der Waals surface area contributed by atoms with Crippen LogP contribution >= 0.6 is 22.9 Å². The maximum atomic E-state index is 13.4. The number of amides is 1. The Morgan fingerprint density at radius 2 is 1.82 bits per heavy atom. The topological polar surface area (TPSA) is 33.2 Å². The first-order chi connectivity index (χ1) is 13.5. The van der Waals surface area contributed by atoms with Crippen LogP contribution in [0.25, 0.3) is 10.2 Å². The lowest BCUT2D eigenvalue weighted by Gasteiger charge is -2.20. The highest BCUT2D eigenvalue weighted by Gasteiger charge is 2.23. The molecule has 1 amide bonds. The monoisotopic (exact) mass is 406 g/mol. The SMILES string of the molecule is Cc1cccc(C(=O)N(Cc2ccccc2)c2nc3c(C)ccc(Cl)c3s2)c1. The lowest BCUT2D eigenvalue weighted by molar-refractivity contribution is 0.0985. The smallest absolute Gasteiger partial charge is 0.260 e. The van der Waals surface area contributed by atoms with Crippen molar-refractivity contribution < 1.29 is 4.79 Å². The van der Waals surface area contributed by atoms with Gasteiger partial charge in [0.25, 0.3) is 5.91 Å². The Kier molecular flexibility index (Phi) is 5.16. The van der Waals surface area contributed by atoms with Gasteiger partial charge in [-0.3, -0.25) is 9.69 Å². The van der Waals surface area contributed by atoms with Gasteiger partial charge in [-0.25, -0.2) is 4.98 Å². The molecule has 0 unspecified atom stereocenters. The number of hydrogen-bond acceptors (Lipinski definition) is 3. The quantitative estimate of drug-likeness (QED) is 0.392. The van der Waals surface area contributed by atoms with E-state index in [1.54, 1.807) is 4.90 Å². The van der Waals surface area contributed by atoms with Gasteiger partial charge < -0.3 is 0 Å². The van der Waals surface area contributed by atoms with Crippen molar-refractivity contribution in [2.45, 2.75) is 20.4 Å². The van der Waals surface area contributed by atoms with Crippen molar-refractivity contribution in [1.29, 1.82) is 0 Å². The molecule has 1 aromatic heterocycles. The summed E-state index contributed by atoms with van der Waals surface area (Å²) in [4.78, 5) is 19.9. The molecule has 0 N–H and O–H groups in total. The van der Waals surface area contributed by atoms with E-state index in [4.69, 9.17) is 16.6 Å². The van der Waals surface area contributed by atoms with Gasteiger partial charge >= 0.3 is 0 Å². The van der Waals surface area contributed by atoms with Crippen molar-refractivity contribution >= 4 is 44.2 Å². The second-order valence-electron chi connectivity index (χ2n) is 6.78. The molecule has 0 spiro atoms. The summed E-state index contributed by atoms with van der Waals surface area (Å²) in [6.07, 6.45) is 0. The highest BCUT2D eigenvalue weighted by molar-refractivity contribution is 7.23. The van der Waals surface area contributed by atoms with Gasteiger partial charge in [0.05, 0.1) is 21.8 Å². The lowest BCUT2D eigenvalue weighted by Crippen LogP contribution is -2.30. The van der Waals surface area contributed by atoms with Crippen LogP contribution in [0.3, 0.4) is 0 Å². The van der Waals surface area contributed by atoms with Gasteiger partial charge in [0.1, 0.15) is 0 Å². The lowest BCUT2D eigenvalue weighted by atomic mass is 10.1. The van der Waals surface area contributed by atoms with Gasteiger partial charge in [0, 0.05) is 5.56 Å². The number of fused-ring (bicyclic) bond motifs is 1. The molecular formula is C23H19ClN2OS. The number of anilines is 1. The Labute approximate surface area is 173 Å². The third-order valence-corrected chi connectivity index (χ3v) is 6.15.